The smallest absolute Gasteiger partial charge is 0.300 e. The van der Waals surface area contributed by atoms with Crippen LogP contribution in [0.5, 0.6) is 0 Å². The number of amides is 1. The van der Waals surface area contributed by atoms with E-state index in [1.807, 2.05) is 24.5 Å². The molecule has 0 saturated heterocycles. The molecule has 0 aromatic carbocycles. The Bertz CT molecular complexity index is 383. The van der Waals surface area contributed by atoms with Gasteiger partial charge in [0.05, 0.1) is 13.2 Å². The third-order valence-corrected chi connectivity index (χ3v) is 2.08. The molecule has 0 saturated carbocycles. The zero-order valence-corrected chi connectivity index (χ0v) is 9.45. The first-order valence-corrected chi connectivity index (χ1v) is 4.98. The number of rotatable bonds is 5. The molecule has 1 rings (SSSR count). The first-order chi connectivity index (χ1) is 7.69. The second kappa shape index (κ2) is 6.09. The normalized spacial score (nSPS) is 10.9. The summed E-state index contributed by atoms with van der Waals surface area (Å²) in [7, 11) is 0. The molecule has 0 radical (unpaired) electrons. The van der Waals surface area contributed by atoms with E-state index in [4.69, 9.17) is 15.0 Å². The minimum Gasteiger partial charge on any atom is -0.456 e. The van der Waals surface area contributed by atoms with E-state index in [2.05, 4.69) is 0 Å². The first kappa shape index (κ1) is 12.5. The number of carbonyl (C=O) groups is 1. The van der Waals surface area contributed by atoms with Crippen LogP contribution in [0.2, 0.25) is 0 Å². The molecule has 0 spiro atoms. The van der Waals surface area contributed by atoms with Crippen LogP contribution < -0.4 is 11.3 Å². The second-order valence-corrected chi connectivity index (χ2v) is 3.25. The molecule has 1 heterocycles. The van der Waals surface area contributed by atoms with Gasteiger partial charge in [0.25, 0.3) is 0 Å². The fourth-order valence-electron chi connectivity index (χ4n) is 1.18. The topological polar surface area (TPSA) is 77.5 Å². The van der Waals surface area contributed by atoms with Gasteiger partial charge in [-0.3, -0.25) is 10.2 Å². The predicted octanol–water partition coefficient (Wildman–Crippen LogP) is 1.28. The molecule has 0 bridgehead atoms. The van der Waals surface area contributed by atoms with Gasteiger partial charge in [0.1, 0.15) is 5.76 Å². The minimum atomic E-state index is -0.442. The van der Waals surface area contributed by atoms with Crippen molar-refractivity contribution in [2.45, 2.75) is 20.5 Å². The van der Waals surface area contributed by atoms with E-state index >= 15 is 0 Å². The lowest BCUT2D eigenvalue weighted by Gasteiger charge is -1.98. The van der Waals surface area contributed by atoms with Crippen molar-refractivity contribution < 1.29 is 13.9 Å². The van der Waals surface area contributed by atoms with Gasteiger partial charge in [-0.05, 0) is 19.9 Å². The largest absolute Gasteiger partial charge is 0.456 e. The Labute approximate surface area is 94.2 Å². The minimum absolute atomic E-state index is 0.199. The third-order valence-electron chi connectivity index (χ3n) is 2.08. The van der Waals surface area contributed by atoms with Gasteiger partial charge in [-0.1, -0.05) is 12.2 Å². The van der Waals surface area contributed by atoms with Gasteiger partial charge in [0.2, 0.25) is 0 Å². The van der Waals surface area contributed by atoms with Crippen molar-refractivity contribution in [2.24, 2.45) is 5.84 Å². The molecule has 88 valence electrons. The van der Waals surface area contributed by atoms with Gasteiger partial charge in [-0.15, -0.1) is 0 Å². The van der Waals surface area contributed by atoms with E-state index in [0.717, 1.165) is 5.56 Å². The Morgan fingerprint density at radius 2 is 2.44 bits per heavy atom. The molecule has 1 amide bonds. The van der Waals surface area contributed by atoms with Gasteiger partial charge >= 0.3 is 5.91 Å². The van der Waals surface area contributed by atoms with E-state index in [9.17, 15) is 4.79 Å². The molecule has 0 aliphatic heterocycles. The Balaban J connectivity index is 2.60. The number of ether oxygens (including phenoxy) is 1. The highest BCUT2D eigenvalue weighted by molar-refractivity contribution is 5.91. The Hall–Kier alpha value is -1.59. The van der Waals surface area contributed by atoms with E-state index in [1.165, 1.54) is 0 Å². The number of allylic oxidation sites excluding steroid dienone is 1. The zero-order valence-electron chi connectivity index (χ0n) is 9.45. The van der Waals surface area contributed by atoms with Crippen molar-refractivity contribution in [3.8, 4) is 0 Å². The molecule has 0 atom stereocenters. The molecule has 0 unspecified atom stereocenters. The van der Waals surface area contributed by atoms with Crippen molar-refractivity contribution in [1.82, 2.24) is 5.43 Å². The predicted molar refractivity (Wildman–Crippen MR) is 59.6 cm³/mol. The summed E-state index contributed by atoms with van der Waals surface area (Å²) >= 11 is 0. The Kier molecular flexibility index (Phi) is 4.75. The van der Waals surface area contributed by atoms with Gasteiger partial charge in [0, 0.05) is 5.56 Å². The van der Waals surface area contributed by atoms with Crippen LogP contribution in [0.3, 0.4) is 0 Å². The third kappa shape index (κ3) is 3.22. The molecule has 16 heavy (non-hydrogen) atoms. The lowest BCUT2D eigenvalue weighted by atomic mass is 10.2. The molecule has 0 fully saturated rings. The van der Waals surface area contributed by atoms with Crippen LogP contribution in [0.4, 0.5) is 0 Å². The number of hydrazine groups is 1. The quantitative estimate of drug-likeness (QED) is 0.260. The molecule has 5 heteroatoms. The fraction of sp³-hybridized carbons (Fsp3) is 0.364. The highest BCUT2D eigenvalue weighted by Crippen LogP contribution is 2.15. The Morgan fingerprint density at radius 1 is 1.69 bits per heavy atom. The number of aryl methyl sites for hydroxylation is 1. The number of carbonyl (C=O) groups excluding carboxylic acids is 1. The molecule has 0 aliphatic rings. The van der Waals surface area contributed by atoms with Crippen molar-refractivity contribution in [3.05, 3.63) is 35.3 Å². The molecule has 3 N–H and O–H groups in total. The number of hydrogen-bond acceptors (Lipinski definition) is 4. The number of hydrogen-bond donors (Lipinski definition) is 2. The second-order valence-electron chi connectivity index (χ2n) is 3.25. The van der Waals surface area contributed by atoms with Crippen LogP contribution >= 0.6 is 0 Å². The van der Waals surface area contributed by atoms with E-state index < -0.39 is 5.91 Å². The summed E-state index contributed by atoms with van der Waals surface area (Å²) < 4.78 is 10.6. The summed E-state index contributed by atoms with van der Waals surface area (Å²) in [5.74, 6) is 5.43. The monoisotopic (exact) mass is 224 g/mol. The van der Waals surface area contributed by atoms with Gasteiger partial charge in [0.15, 0.2) is 5.76 Å². The summed E-state index contributed by atoms with van der Waals surface area (Å²) in [6.45, 7) is 4.66. The molecule has 5 nitrogen and oxygen atoms in total. The van der Waals surface area contributed by atoms with Crippen LogP contribution in [0.1, 0.15) is 28.8 Å². The van der Waals surface area contributed by atoms with E-state index in [0.29, 0.717) is 19.0 Å². The molecule has 0 aliphatic carbocycles. The number of nitrogens with two attached hydrogens (primary N) is 1. The standard InChI is InChI=1S/C11H16N2O3/c1-3-4-5-15-7-9-6-10(11(14)13-12)16-8(9)2/h3-4,6H,5,7,12H2,1-2H3,(H,13,14). The molecular weight excluding hydrogens is 208 g/mol. The average Bonchev–Trinajstić information content (AvgIpc) is 2.65. The SMILES string of the molecule is CC=CCOCc1cc(C(=O)NN)oc1C. The average molecular weight is 224 g/mol. The van der Waals surface area contributed by atoms with Crippen LogP contribution in [-0.4, -0.2) is 12.5 Å². The maximum atomic E-state index is 11.2. The maximum absolute atomic E-state index is 11.2. The highest BCUT2D eigenvalue weighted by Gasteiger charge is 2.12. The Morgan fingerprint density at radius 3 is 3.06 bits per heavy atom. The summed E-state index contributed by atoms with van der Waals surface area (Å²) in [5.41, 5.74) is 2.86. The van der Waals surface area contributed by atoms with Crippen molar-refractivity contribution in [1.29, 1.82) is 0 Å². The van der Waals surface area contributed by atoms with Crippen LogP contribution in [0.25, 0.3) is 0 Å². The number of nitrogen functional groups attached to an aromatic ring is 1. The molecule has 1 aromatic rings. The summed E-state index contributed by atoms with van der Waals surface area (Å²) in [6.07, 6.45) is 3.82. The van der Waals surface area contributed by atoms with Crippen molar-refractivity contribution >= 4 is 5.91 Å². The highest BCUT2D eigenvalue weighted by atomic mass is 16.5. The molecule has 1 aromatic heterocycles. The van der Waals surface area contributed by atoms with Crippen molar-refractivity contribution in [3.63, 3.8) is 0 Å². The van der Waals surface area contributed by atoms with Gasteiger partial charge in [-0.2, -0.15) is 0 Å². The van der Waals surface area contributed by atoms with Gasteiger partial charge in [-0.25, -0.2) is 5.84 Å². The summed E-state index contributed by atoms with van der Waals surface area (Å²) in [5, 5.41) is 0. The number of furan rings is 1. The van der Waals surface area contributed by atoms with Crippen LogP contribution in [0.15, 0.2) is 22.6 Å². The van der Waals surface area contributed by atoms with Crippen molar-refractivity contribution in [2.75, 3.05) is 6.61 Å². The summed E-state index contributed by atoms with van der Waals surface area (Å²) in [4.78, 5) is 11.2. The van der Waals surface area contributed by atoms with E-state index in [-0.39, 0.29) is 5.76 Å². The zero-order chi connectivity index (χ0) is 12.0. The van der Waals surface area contributed by atoms with Crippen LogP contribution in [0, 0.1) is 6.92 Å². The van der Waals surface area contributed by atoms with Gasteiger partial charge < -0.3 is 9.15 Å². The molecular formula is C11H16N2O3. The maximum Gasteiger partial charge on any atom is 0.300 e. The number of nitrogens with one attached hydrogen (secondary N) is 1. The summed E-state index contributed by atoms with van der Waals surface area (Å²) in [6, 6.07) is 1.63. The first-order valence-electron chi connectivity index (χ1n) is 4.98. The van der Waals surface area contributed by atoms with Crippen LogP contribution in [-0.2, 0) is 11.3 Å². The van der Waals surface area contributed by atoms with E-state index in [1.54, 1.807) is 13.0 Å². The lowest BCUT2D eigenvalue weighted by Crippen LogP contribution is -2.29. The lowest BCUT2D eigenvalue weighted by molar-refractivity contribution is 0.0924. The fourth-order valence-corrected chi connectivity index (χ4v) is 1.18.